The standard InChI is InChI=1S/C25H30N4O5/c1-15(2)27-24(33)26-14-17-10-12-18(13-11-17)22(31)34-16(3)21(30)29-20-9-7-6-8-19(20)28-23(32)25(29,4)5/h6-13,15-16H,14H2,1-5H3,(H,28,32)(H2,26,27,33)/t16-/m1/s1. The van der Waals surface area contributed by atoms with E-state index in [4.69, 9.17) is 4.74 Å². The first kappa shape index (κ1) is 24.8. The van der Waals surface area contributed by atoms with E-state index in [2.05, 4.69) is 16.0 Å². The first-order valence-electron chi connectivity index (χ1n) is 11.1. The van der Waals surface area contributed by atoms with E-state index in [1.165, 1.54) is 11.8 Å². The van der Waals surface area contributed by atoms with Gasteiger partial charge in [-0.3, -0.25) is 14.5 Å². The Balaban J connectivity index is 1.67. The van der Waals surface area contributed by atoms with Crippen molar-refractivity contribution in [2.75, 3.05) is 10.2 Å². The van der Waals surface area contributed by atoms with Crippen LogP contribution in [0.15, 0.2) is 48.5 Å². The fraction of sp³-hybridized carbons (Fsp3) is 0.360. The summed E-state index contributed by atoms with van der Waals surface area (Å²) in [5, 5.41) is 8.27. The molecule has 0 fully saturated rings. The lowest BCUT2D eigenvalue weighted by molar-refractivity contribution is -0.131. The maximum Gasteiger partial charge on any atom is 0.338 e. The Kier molecular flexibility index (Phi) is 7.24. The minimum absolute atomic E-state index is 0.0280. The number of ether oxygens (including phenoxy) is 1. The van der Waals surface area contributed by atoms with Crippen molar-refractivity contribution in [1.82, 2.24) is 10.6 Å². The molecule has 0 saturated carbocycles. The van der Waals surface area contributed by atoms with Crippen LogP contribution in [-0.2, 0) is 20.9 Å². The Morgan fingerprint density at radius 2 is 1.68 bits per heavy atom. The van der Waals surface area contributed by atoms with Crippen molar-refractivity contribution in [2.45, 2.75) is 58.8 Å². The van der Waals surface area contributed by atoms with Gasteiger partial charge in [0.15, 0.2) is 6.10 Å². The SMILES string of the molecule is CC(C)NC(=O)NCc1ccc(C(=O)O[C@H](C)C(=O)N2c3ccccc3NC(=O)C2(C)C)cc1. The number of benzene rings is 2. The van der Waals surface area contributed by atoms with Crippen molar-refractivity contribution >= 4 is 35.2 Å². The van der Waals surface area contributed by atoms with E-state index in [1.807, 2.05) is 13.8 Å². The lowest BCUT2D eigenvalue weighted by Gasteiger charge is -2.42. The van der Waals surface area contributed by atoms with Crippen LogP contribution in [0, 0.1) is 0 Å². The topological polar surface area (TPSA) is 117 Å². The summed E-state index contributed by atoms with van der Waals surface area (Å²) in [7, 11) is 0. The Bertz CT molecular complexity index is 1090. The van der Waals surface area contributed by atoms with Gasteiger partial charge < -0.3 is 20.7 Å². The van der Waals surface area contributed by atoms with Gasteiger partial charge in [0.2, 0.25) is 5.91 Å². The molecule has 0 spiro atoms. The van der Waals surface area contributed by atoms with E-state index in [0.29, 0.717) is 17.9 Å². The molecule has 0 aromatic heterocycles. The van der Waals surface area contributed by atoms with Crippen LogP contribution in [0.1, 0.15) is 50.5 Å². The third-order valence-corrected chi connectivity index (χ3v) is 5.42. The van der Waals surface area contributed by atoms with Gasteiger partial charge in [0.1, 0.15) is 5.54 Å². The van der Waals surface area contributed by atoms with Gasteiger partial charge in [-0.2, -0.15) is 0 Å². The van der Waals surface area contributed by atoms with Gasteiger partial charge in [-0.1, -0.05) is 24.3 Å². The van der Waals surface area contributed by atoms with Crippen molar-refractivity contribution in [2.24, 2.45) is 0 Å². The number of carbonyl (C=O) groups is 4. The normalized spacial score (nSPS) is 15.1. The molecule has 1 aliphatic heterocycles. The average molecular weight is 467 g/mol. The Labute approximate surface area is 198 Å². The lowest BCUT2D eigenvalue weighted by atomic mass is 9.95. The number of nitrogens with one attached hydrogen (secondary N) is 3. The molecular weight excluding hydrogens is 436 g/mol. The summed E-state index contributed by atoms with van der Waals surface area (Å²) in [6.45, 7) is 8.79. The second-order valence-corrected chi connectivity index (χ2v) is 8.93. The predicted molar refractivity (Wildman–Crippen MR) is 128 cm³/mol. The van der Waals surface area contributed by atoms with Gasteiger partial charge in [0, 0.05) is 12.6 Å². The molecule has 0 saturated heterocycles. The fourth-order valence-corrected chi connectivity index (χ4v) is 3.56. The molecule has 34 heavy (non-hydrogen) atoms. The number of esters is 1. The van der Waals surface area contributed by atoms with Crippen LogP contribution in [-0.4, -0.2) is 41.5 Å². The number of hydrogen-bond donors (Lipinski definition) is 3. The fourth-order valence-electron chi connectivity index (χ4n) is 3.56. The quantitative estimate of drug-likeness (QED) is 0.565. The van der Waals surface area contributed by atoms with Crippen molar-refractivity contribution in [3.8, 4) is 0 Å². The van der Waals surface area contributed by atoms with Crippen LogP contribution in [0.2, 0.25) is 0 Å². The van der Waals surface area contributed by atoms with Gasteiger partial charge in [0.05, 0.1) is 16.9 Å². The molecule has 3 rings (SSSR count). The number of rotatable bonds is 6. The zero-order valence-corrected chi connectivity index (χ0v) is 20.0. The average Bonchev–Trinajstić information content (AvgIpc) is 2.78. The number of carbonyl (C=O) groups excluding carboxylic acids is 4. The number of urea groups is 1. The molecule has 1 heterocycles. The van der Waals surface area contributed by atoms with Crippen molar-refractivity contribution < 1.29 is 23.9 Å². The second-order valence-electron chi connectivity index (χ2n) is 8.93. The van der Waals surface area contributed by atoms with Gasteiger partial charge >= 0.3 is 12.0 Å². The number of nitrogens with zero attached hydrogens (tertiary/aromatic N) is 1. The van der Waals surface area contributed by atoms with Crippen LogP contribution in [0.3, 0.4) is 0 Å². The summed E-state index contributed by atoms with van der Waals surface area (Å²) in [5.41, 5.74) is 0.967. The molecule has 2 aromatic rings. The third kappa shape index (κ3) is 5.36. The van der Waals surface area contributed by atoms with E-state index in [1.54, 1.807) is 62.4 Å². The number of para-hydroxylation sites is 2. The zero-order valence-electron chi connectivity index (χ0n) is 20.0. The molecule has 3 N–H and O–H groups in total. The third-order valence-electron chi connectivity index (χ3n) is 5.42. The van der Waals surface area contributed by atoms with E-state index in [-0.39, 0.29) is 23.5 Å². The highest BCUT2D eigenvalue weighted by atomic mass is 16.5. The van der Waals surface area contributed by atoms with Crippen molar-refractivity contribution in [3.63, 3.8) is 0 Å². The Morgan fingerprint density at radius 1 is 1.03 bits per heavy atom. The molecule has 4 amide bonds. The van der Waals surface area contributed by atoms with Gasteiger partial charge in [0.25, 0.3) is 5.91 Å². The number of fused-ring (bicyclic) bond motifs is 1. The highest BCUT2D eigenvalue weighted by molar-refractivity contribution is 6.15. The van der Waals surface area contributed by atoms with Crippen LogP contribution >= 0.6 is 0 Å². The molecule has 0 aliphatic carbocycles. The zero-order chi connectivity index (χ0) is 25.0. The summed E-state index contributed by atoms with van der Waals surface area (Å²) in [4.78, 5) is 51.6. The first-order chi connectivity index (χ1) is 16.0. The van der Waals surface area contributed by atoms with E-state index in [9.17, 15) is 19.2 Å². The summed E-state index contributed by atoms with van der Waals surface area (Å²) in [6, 6.07) is 13.3. The minimum atomic E-state index is -1.16. The van der Waals surface area contributed by atoms with Crippen LogP contribution in [0.4, 0.5) is 16.2 Å². The molecule has 1 aliphatic rings. The summed E-state index contributed by atoms with van der Waals surface area (Å²) >= 11 is 0. The molecule has 9 heteroatoms. The molecule has 2 aromatic carbocycles. The number of hydrogen-bond acceptors (Lipinski definition) is 5. The molecule has 1 atom stereocenters. The molecular formula is C25H30N4O5. The molecule has 0 bridgehead atoms. The predicted octanol–water partition coefficient (Wildman–Crippen LogP) is 3.20. The summed E-state index contributed by atoms with van der Waals surface area (Å²) in [5.74, 6) is -1.49. The summed E-state index contributed by atoms with van der Waals surface area (Å²) in [6.07, 6.45) is -1.12. The molecule has 9 nitrogen and oxygen atoms in total. The largest absolute Gasteiger partial charge is 0.449 e. The first-order valence-corrected chi connectivity index (χ1v) is 11.1. The molecule has 180 valence electrons. The maximum atomic E-state index is 13.3. The van der Waals surface area contributed by atoms with Crippen molar-refractivity contribution in [3.05, 3.63) is 59.7 Å². The number of amides is 4. The minimum Gasteiger partial charge on any atom is -0.449 e. The monoisotopic (exact) mass is 466 g/mol. The Hall–Kier alpha value is -3.88. The maximum absolute atomic E-state index is 13.3. The highest BCUT2D eigenvalue weighted by Gasteiger charge is 2.45. The summed E-state index contributed by atoms with van der Waals surface area (Å²) < 4.78 is 5.44. The van der Waals surface area contributed by atoms with Crippen LogP contribution < -0.4 is 20.9 Å². The van der Waals surface area contributed by atoms with E-state index < -0.39 is 23.5 Å². The molecule has 0 radical (unpaired) electrons. The van der Waals surface area contributed by atoms with Gasteiger partial charge in [-0.25, -0.2) is 9.59 Å². The number of anilines is 2. The smallest absolute Gasteiger partial charge is 0.338 e. The van der Waals surface area contributed by atoms with Crippen molar-refractivity contribution in [1.29, 1.82) is 0 Å². The highest BCUT2D eigenvalue weighted by Crippen LogP contribution is 2.37. The van der Waals surface area contributed by atoms with Gasteiger partial charge in [-0.05, 0) is 64.4 Å². The van der Waals surface area contributed by atoms with Crippen LogP contribution in [0.25, 0.3) is 0 Å². The van der Waals surface area contributed by atoms with E-state index in [0.717, 1.165) is 5.56 Å². The Morgan fingerprint density at radius 3 is 2.32 bits per heavy atom. The van der Waals surface area contributed by atoms with Crippen LogP contribution in [0.5, 0.6) is 0 Å². The van der Waals surface area contributed by atoms with E-state index >= 15 is 0 Å². The van der Waals surface area contributed by atoms with Gasteiger partial charge in [-0.15, -0.1) is 0 Å². The second kappa shape index (κ2) is 9.94. The molecule has 0 unspecified atom stereocenters. The lowest BCUT2D eigenvalue weighted by Crippen LogP contribution is -2.60.